The van der Waals surface area contributed by atoms with Crippen LogP contribution in [0.3, 0.4) is 0 Å². The van der Waals surface area contributed by atoms with Crippen molar-refractivity contribution in [1.29, 1.82) is 0 Å². The molecule has 1 aromatic carbocycles. The van der Waals surface area contributed by atoms with Gasteiger partial charge in [-0.15, -0.1) is 10.2 Å². The number of benzene rings is 1. The van der Waals surface area contributed by atoms with Crippen molar-refractivity contribution in [3.05, 3.63) is 35.9 Å². The second kappa shape index (κ2) is 6.20. The van der Waals surface area contributed by atoms with Crippen LogP contribution in [-0.4, -0.2) is 25.9 Å². The zero-order valence-electron chi connectivity index (χ0n) is 13.4. The molecule has 1 heterocycles. The fourth-order valence-electron chi connectivity index (χ4n) is 2.69. The molecule has 1 N–H and O–H groups in total. The molecule has 7 heteroatoms. The molecule has 1 aromatic heterocycles. The third kappa shape index (κ3) is 3.31. The van der Waals surface area contributed by atoms with Crippen molar-refractivity contribution in [2.24, 2.45) is 0 Å². The lowest BCUT2D eigenvalue weighted by Gasteiger charge is -2.13. The van der Waals surface area contributed by atoms with E-state index in [1.54, 1.807) is 12.1 Å². The Hall–Kier alpha value is -1.89. The van der Waals surface area contributed by atoms with Gasteiger partial charge in [0.25, 0.3) is 0 Å². The second-order valence-corrected chi connectivity index (χ2v) is 7.78. The molecule has 0 spiro atoms. The quantitative estimate of drug-likeness (QED) is 0.809. The van der Waals surface area contributed by atoms with Gasteiger partial charge in [-0.3, -0.25) is 4.79 Å². The van der Waals surface area contributed by atoms with E-state index >= 15 is 0 Å². The lowest BCUT2D eigenvalue weighted by molar-refractivity contribution is -0.115. The molecule has 0 saturated heterocycles. The number of carbonyl (C=O) groups is 1. The number of carbonyl (C=O) groups excluding carboxylic acids is 1. The van der Waals surface area contributed by atoms with Crippen molar-refractivity contribution in [2.75, 3.05) is 5.32 Å². The summed E-state index contributed by atoms with van der Waals surface area (Å²) in [4.78, 5) is 12.4. The van der Waals surface area contributed by atoms with E-state index in [4.69, 9.17) is 0 Å². The normalized spacial score (nSPS) is 18.4. The first-order valence-electron chi connectivity index (χ1n) is 8.29. The molecule has 1 atom stereocenters. The van der Waals surface area contributed by atoms with Crippen LogP contribution in [0.15, 0.2) is 29.4 Å². The number of nitrogens with one attached hydrogen (secondary N) is 1. The average Bonchev–Trinajstić information content (AvgIpc) is 3.46. The van der Waals surface area contributed by atoms with Crippen LogP contribution in [0, 0.1) is 5.82 Å². The lowest BCUT2D eigenvalue weighted by atomic mass is 10.3. The lowest BCUT2D eigenvalue weighted by Crippen LogP contribution is -2.23. The van der Waals surface area contributed by atoms with Crippen LogP contribution < -0.4 is 5.32 Å². The van der Waals surface area contributed by atoms with Crippen LogP contribution in [0.1, 0.15) is 50.4 Å². The predicted molar refractivity (Wildman–Crippen MR) is 90.6 cm³/mol. The third-order valence-electron chi connectivity index (χ3n) is 4.29. The zero-order valence-corrected chi connectivity index (χ0v) is 14.2. The van der Waals surface area contributed by atoms with E-state index in [1.807, 2.05) is 6.92 Å². The van der Waals surface area contributed by atoms with Gasteiger partial charge in [-0.2, -0.15) is 0 Å². The maximum absolute atomic E-state index is 13.2. The molecule has 0 aliphatic heterocycles. The van der Waals surface area contributed by atoms with Crippen LogP contribution in [0.4, 0.5) is 10.1 Å². The molecular weight excluding hydrogens is 327 g/mol. The van der Waals surface area contributed by atoms with Crippen LogP contribution in [0.5, 0.6) is 0 Å². The maximum Gasteiger partial charge on any atom is 0.237 e. The molecule has 2 aromatic rings. The molecule has 1 unspecified atom stereocenters. The number of halogens is 1. The van der Waals surface area contributed by atoms with Gasteiger partial charge >= 0.3 is 0 Å². The highest BCUT2D eigenvalue weighted by Gasteiger charge is 2.37. The van der Waals surface area contributed by atoms with Gasteiger partial charge in [0, 0.05) is 17.6 Å². The third-order valence-corrected chi connectivity index (χ3v) is 5.35. The van der Waals surface area contributed by atoms with Crippen molar-refractivity contribution in [1.82, 2.24) is 14.8 Å². The maximum atomic E-state index is 13.2. The molecule has 24 heavy (non-hydrogen) atoms. The number of rotatable bonds is 6. The molecule has 0 radical (unpaired) electrons. The van der Waals surface area contributed by atoms with E-state index in [9.17, 15) is 9.18 Å². The summed E-state index contributed by atoms with van der Waals surface area (Å²) in [7, 11) is 0. The van der Waals surface area contributed by atoms with Gasteiger partial charge in [-0.25, -0.2) is 4.39 Å². The number of thioether (sulfide) groups is 1. The van der Waals surface area contributed by atoms with Gasteiger partial charge in [0.2, 0.25) is 5.91 Å². The fraction of sp³-hybridized carbons (Fsp3) is 0.471. The fourth-order valence-corrected chi connectivity index (χ4v) is 3.61. The Morgan fingerprint density at radius 3 is 2.79 bits per heavy atom. The SMILES string of the molecule is CC(Sc1nnc(C2CC2)n1C1CC1)C(=O)Nc1cccc(F)c1. The van der Waals surface area contributed by atoms with Crippen molar-refractivity contribution >= 4 is 23.4 Å². The first kappa shape index (κ1) is 15.6. The summed E-state index contributed by atoms with van der Waals surface area (Å²) in [5, 5.41) is 11.9. The molecule has 2 aliphatic carbocycles. The van der Waals surface area contributed by atoms with Crippen LogP contribution in [0.25, 0.3) is 0 Å². The highest BCUT2D eigenvalue weighted by molar-refractivity contribution is 8.00. The molecule has 2 saturated carbocycles. The minimum absolute atomic E-state index is 0.163. The molecular formula is C17H19FN4OS. The Bertz CT molecular complexity index is 770. The number of aromatic nitrogens is 3. The summed E-state index contributed by atoms with van der Waals surface area (Å²) >= 11 is 1.42. The molecule has 5 nitrogen and oxygen atoms in total. The monoisotopic (exact) mass is 346 g/mol. The van der Waals surface area contributed by atoms with Gasteiger partial charge in [0.05, 0.1) is 5.25 Å². The number of anilines is 1. The second-order valence-electron chi connectivity index (χ2n) is 6.48. The molecule has 126 valence electrons. The summed E-state index contributed by atoms with van der Waals surface area (Å²) < 4.78 is 15.5. The van der Waals surface area contributed by atoms with Crippen molar-refractivity contribution in [2.45, 2.75) is 55.0 Å². The van der Waals surface area contributed by atoms with E-state index < -0.39 is 0 Å². The largest absolute Gasteiger partial charge is 0.325 e. The van der Waals surface area contributed by atoms with E-state index in [-0.39, 0.29) is 17.0 Å². The Labute approximate surface area is 144 Å². The summed E-state index contributed by atoms with van der Waals surface area (Å²) in [6.07, 6.45) is 4.70. The molecule has 0 bridgehead atoms. The Morgan fingerprint density at radius 1 is 1.33 bits per heavy atom. The molecule has 1 amide bonds. The van der Waals surface area contributed by atoms with Crippen LogP contribution in [-0.2, 0) is 4.79 Å². The molecule has 2 fully saturated rings. The van der Waals surface area contributed by atoms with Gasteiger partial charge in [0.15, 0.2) is 5.16 Å². The smallest absolute Gasteiger partial charge is 0.237 e. The average molecular weight is 346 g/mol. The zero-order chi connectivity index (χ0) is 16.7. The van der Waals surface area contributed by atoms with Gasteiger partial charge < -0.3 is 9.88 Å². The van der Waals surface area contributed by atoms with Gasteiger partial charge in [-0.1, -0.05) is 17.8 Å². The van der Waals surface area contributed by atoms with E-state index in [0.29, 0.717) is 17.6 Å². The van der Waals surface area contributed by atoms with Crippen LogP contribution in [0.2, 0.25) is 0 Å². The number of hydrogen-bond acceptors (Lipinski definition) is 4. The summed E-state index contributed by atoms with van der Waals surface area (Å²) in [5.74, 6) is 1.10. The highest BCUT2D eigenvalue weighted by atomic mass is 32.2. The van der Waals surface area contributed by atoms with Gasteiger partial charge in [-0.05, 0) is 50.8 Å². The van der Waals surface area contributed by atoms with Crippen molar-refractivity contribution < 1.29 is 9.18 Å². The van der Waals surface area contributed by atoms with Crippen LogP contribution >= 0.6 is 11.8 Å². The van der Waals surface area contributed by atoms with E-state index in [1.165, 1.54) is 36.7 Å². The highest BCUT2D eigenvalue weighted by Crippen LogP contribution is 2.46. The summed E-state index contributed by atoms with van der Waals surface area (Å²) in [5.41, 5.74) is 0.467. The minimum Gasteiger partial charge on any atom is -0.325 e. The number of amides is 1. The topological polar surface area (TPSA) is 59.8 Å². The minimum atomic E-state index is -0.365. The first-order valence-corrected chi connectivity index (χ1v) is 9.17. The van der Waals surface area contributed by atoms with Crippen molar-refractivity contribution in [3.8, 4) is 0 Å². The summed E-state index contributed by atoms with van der Waals surface area (Å²) in [6.45, 7) is 1.84. The summed E-state index contributed by atoms with van der Waals surface area (Å²) in [6, 6.07) is 6.42. The van der Waals surface area contributed by atoms with E-state index in [2.05, 4.69) is 20.1 Å². The molecule has 2 aliphatic rings. The first-order chi connectivity index (χ1) is 11.6. The van der Waals surface area contributed by atoms with Crippen molar-refractivity contribution in [3.63, 3.8) is 0 Å². The Balaban J connectivity index is 1.46. The Morgan fingerprint density at radius 2 is 2.12 bits per heavy atom. The van der Waals surface area contributed by atoms with E-state index in [0.717, 1.165) is 23.8 Å². The number of nitrogens with zero attached hydrogens (tertiary/aromatic N) is 3. The van der Waals surface area contributed by atoms with Gasteiger partial charge in [0.1, 0.15) is 11.6 Å². The predicted octanol–water partition coefficient (Wildman–Crippen LogP) is 3.75. The molecule has 4 rings (SSSR count). The Kier molecular flexibility index (Phi) is 4.04. The standard InChI is InChI=1S/C17H19FN4OS/c1-10(16(23)19-13-4-2-3-12(18)9-13)24-17-21-20-15(11-5-6-11)22(17)14-7-8-14/h2-4,9-11,14H,5-8H2,1H3,(H,19,23). The number of hydrogen-bond donors (Lipinski definition) is 1.